The summed E-state index contributed by atoms with van der Waals surface area (Å²) >= 11 is 0. The molecule has 2 saturated heterocycles. The predicted octanol–water partition coefficient (Wildman–Crippen LogP) is 13.3. The van der Waals surface area contributed by atoms with Crippen LogP contribution in [0.5, 0.6) is 0 Å². The molecule has 14 nitrogen and oxygen atoms in total. The van der Waals surface area contributed by atoms with Gasteiger partial charge in [-0.2, -0.15) is 0 Å². The molecule has 2 heterocycles. The van der Waals surface area contributed by atoms with Gasteiger partial charge in [-0.1, -0.05) is 256 Å². The van der Waals surface area contributed by atoms with Gasteiger partial charge in [0.25, 0.3) is 0 Å². The molecule has 470 valence electrons. The molecule has 11 unspecified atom stereocenters. The molecule has 0 radical (unpaired) electrons. The Kier molecular flexibility index (Phi) is 49.0. The second-order valence-corrected chi connectivity index (χ2v) is 23.3. The Morgan fingerprint density at radius 2 is 0.775 bits per heavy atom. The minimum absolute atomic E-state index is 0.0632. The molecule has 14 heteroatoms. The number of rotatable bonds is 55. The van der Waals surface area contributed by atoms with Gasteiger partial charge in [0.2, 0.25) is 0 Å². The largest absolute Gasteiger partial charge is 0.457 e. The highest BCUT2D eigenvalue weighted by Crippen LogP contribution is 2.27. The van der Waals surface area contributed by atoms with Crippen molar-refractivity contribution in [3.05, 3.63) is 36.5 Å². The second kappa shape index (κ2) is 52.7. The first kappa shape index (κ1) is 74.3. The number of unbranched alkanes of at least 4 members (excludes halogenated alkanes) is 35. The van der Waals surface area contributed by atoms with Crippen molar-refractivity contribution in [3.8, 4) is 0 Å². The third-order valence-electron chi connectivity index (χ3n) is 15.9. The van der Waals surface area contributed by atoms with Crippen LogP contribution < -0.4 is 0 Å². The van der Waals surface area contributed by atoms with Gasteiger partial charge in [-0.05, 0) is 51.4 Å². The molecule has 0 aliphatic carbocycles. The molecule has 2 aliphatic heterocycles. The Morgan fingerprint density at radius 3 is 1.21 bits per heavy atom. The van der Waals surface area contributed by atoms with E-state index in [1.165, 1.54) is 199 Å². The van der Waals surface area contributed by atoms with Gasteiger partial charge in [0.15, 0.2) is 12.6 Å². The van der Waals surface area contributed by atoms with Gasteiger partial charge >= 0.3 is 5.97 Å². The third kappa shape index (κ3) is 38.2. The molecule has 7 N–H and O–H groups in total. The molecule has 2 aliphatic rings. The van der Waals surface area contributed by atoms with Crippen molar-refractivity contribution in [1.82, 2.24) is 0 Å². The van der Waals surface area contributed by atoms with E-state index in [1.807, 2.05) is 0 Å². The van der Waals surface area contributed by atoms with Crippen molar-refractivity contribution in [1.29, 1.82) is 0 Å². The number of esters is 1. The molecule has 2 rings (SSSR count). The fraction of sp³-hybridized carbons (Fsp3) is 0.894. The lowest BCUT2D eigenvalue weighted by Gasteiger charge is -2.42. The number of aliphatic hydroxyl groups excluding tert-OH is 7. The first-order chi connectivity index (χ1) is 39.1. The van der Waals surface area contributed by atoms with E-state index < -0.39 is 80.7 Å². The zero-order chi connectivity index (χ0) is 57.9. The Morgan fingerprint density at radius 1 is 0.412 bits per heavy atom. The molecule has 11 atom stereocenters. The third-order valence-corrected chi connectivity index (χ3v) is 15.9. The number of carbonyl (C=O) groups excluding carboxylic acids is 1. The fourth-order valence-corrected chi connectivity index (χ4v) is 10.6. The molecule has 0 aromatic carbocycles. The van der Waals surface area contributed by atoms with Crippen LogP contribution in [0, 0.1) is 0 Å². The van der Waals surface area contributed by atoms with Crippen LogP contribution in [-0.4, -0.2) is 142 Å². The van der Waals surface area contributed by atoms with Crippen LogP contribution in [-0.2, 0) is 33.2 Å². The van der Waals surface area contributed by atoms with Crippen molar-refractivity contribution in [3.63, 3.8) is 0 Å². The summed E-state index contributed by atoms with van der Waals surface area (Å²) in [5.74, 6) is -0.371. The normalized spacial score (nSPS) is 24.0. The standard InChI is InChI=1S/C66H122O14/c1-3-5-7-9-11-13-15-17-19-21-23-25-26-27-28-29-30-32-34-36-38-40-42-44-46-48-50-75-52-55(78-58(68)49-47-45-43-41-39-37-35-33-31-24-22-20-18-16-14-12-10-8-6-4-2)53-76-65-64(74)62(72)60(70)57(80-65)54-77-66-63(73)61(71)59(69)56(51-67)79-66/h15,17,21,23,26-27,55-57,59-67,69-74H,3-14,16,18-20,22,24-25,28-54H2,1-2H3/b17-15-,23-21-,27-26-. The van der Waals surface area contributed by atoms with E-state index in [1.54, 1.807) is 0 Å². The topological polar surface area (TPSA) is 214 Å². The van der Waals surface area contributed by atoms with Gasteiger partial charge in [-0.15, -0.1) is 0 Å². The molecule has 0 aromatic rings. The van der Waals surface area contributed by atoms with Crippen molar-refractivity contribution in [2.45, 2.75) is 345 Å². The Balaban J connectivity index is 1.66. The highest BCUT2D eigenvalue weighted by Gasteiger charge is 2.47. The molecule has 0 spiro atoms. The summed E-state index contributed by atoms with van der Waals surface area (Å²) < 4.78 is 34.5. The van der Waals surface area contributed by atoms with Gasteiger partial charge in [-0.3, -0.25) is 4.79 Å². The molecule has 0 aromatic heterocycles. The summed E-state index contributed by atoms with van der Waals surface area (Å²) in [4.78, 5) is 13.1. The maximum atomic E-state index is 13.1. The van der Waals surface area contributed by atoms with E-state index in [9.17, 15) is 40.5 Å². The molecular weight excluding hydrogens is 1020 g/mol. The van der Waals surface area contributed by atoms with E-state index in [0.29, 0.717) is 13.0 Å². The maximum Gasteiger partial charge on any atom is 0.306 e. The minimum Gasteiger partial charge on any atom is -0.457 e. The number of aliphatic hydroxyl groups is 7. The average molecular weight is 1140 g/mol. The Labute approximate surface area is 487 Å². The Hall–Kier alpha value is -1.79. The molecule has 0 amide bonds. The second-order valence-electron chi connectivity index (χ2n) is 23.3. The summed E-state index contributed by atoms with van der Waals surface area (Å²) in [6.07, 6.45) is 47.8. The van der Waals surface area contributed by atoms with Crippen molar-refractivity contribution < 1.29 is 69.0 Å². The van der Waals surface area contributed by atoms with Crippen molar-refractivity contribution >= 4 is 5.97 Å². The van der Waals surface area contributed by atoms with E-state index in [2.05, 4.69) is 50.3 Å². The monoisotopic (exact) mass is 1140 g/mol. The van der Waals surface area contributed by atoms with Gasteiger partial charge in [-0.25, -0.2) is 0 Å². The molecule has 2 fully saturated rings. The number of ether oxygens (including phenoxy) is 6. The summed E-state index contributed by atoms with van der Waals surface area (Å²) in [6, 6.07) is 0. The molecule has 0 bridgehead atoms. The number of hydrogen-bond acceptors (Lipinski definition) is 14. The quantitative estimate of drug-likeness (QED) is 0.0172. The van der Waals surface area contributed by atoms with E-state index >= 15 is 0 Å². The first-order valence-corrected chi connectivity index (χ1v) is 33.1. The van der Waals surface area contributed by atoms with Gasteiger partial charge in [0.05, 0.1) is 26.4 Å². The average Bonchev–Trinajstić information content (AvgIpc) is 3.52. The van der Waals surface area contributed by atoms with Gasteiger partial charge in [0.1, 0.15) is 54.9 Å². The number of hydrogen-bond donors (Lipinski definition) is 7. The zero-order valence-electron chi connectivity index (χ0n) is 50.8. The van der Waals surface area contributed by atoms with Crippen LogP contribution in [0.15, 0.2) is 36.5 Å². The molecule has 80 heavy (non-hydrogen) atoms. The van der Waals surface area contributed by atoms with Crippen molar-refractivity contribution in [2.75, 3.05) is 33.0 Å². The lowest BCUT2D eigenvalue weighted by atomic mass is 9.98. The number of carbonyl (C=O) groups is 1. The maximum absolute atomic E-state index is 13.1. The van der Waals surface area contributed by atoms with E-state index in [0.717, 1.165) is 51.4 Å². The SMILES string of the molecule is CCCCCCC/C=C\C/C=C\C/C=C\CCCCCCCCCCCCCOCC(COC1OC(COC2OC(CO)C(O)C(O)C2O)C(O)C(O)C1O)OC(=O)CCCCCCCCCCCCCCCCCCCCCC. The first-order valence-electron chi connectivity index (χ1n) is 33.1. The summed E-state index contributed by atoms with van der Waals surface area (Å²) in [5.41, 5.74) is 0. The smallest absolute Gasteiger partial charge is 0.306 e. The van der Waals surface area contributed by atoms with Crippen molar-refractivity contribution in [2.24, 2.45) is 0 Å². The van der Waals surface area contributed by atoms with Crippen LogP contribution in [0.4, 0.5) is 0 Å². The summed E-state index contributed by atoms with van der Waals surface area (Å²) in [6.45, 7) is 3.73. The van der Waals surface area contributed by atoms with Gasteiger partial charge in [0, 0.05) is 13.0 Å². The van der Waals surface area contributed by atoms with Crippen LogP contribution >= 0.6 is 0 Å². The van der Waals surface area contributed by atoms with Crippen LogP contribution in [0.25, 0.3) is 0 Å². The van der Waals surface area contributed by atoms with Gasteiger partial charge < -0.3 is 64.2 Å². The van der Waals surface area contributed by atoms with Crippen LogP contribution in [0.2, 0.25) is 0 Å². The zero-order valence-corrected chi connectivity index (χ0v) is 50.8. The molecule has 0 saturated carbocycles. The molecular formula is C66H122O14. The number of allylic oxidation sites excluding steroid dienone is 6. The lowest BCUT2D eigenvalue weighted by Crippen LogP contribution is -2.61. The van der Waals surface area contributed by atoms with Crippen LogP contribution in [0.1, 0.15) is 277 Å². The summed E-state index contributed by atoms with van der Waals surface area (Å²) in [7, 11) is 0. The summed E-state index contributed by atoms with van der Waals surface area (Å²) in [5, 5.41) is 72.5. The highest BCUT2D eigenvalue weighted by molar-refractivity contribution is 5.69. The Bertz CT molecular complexity index is 1460. The van der Waals surface area contributed by atoms with Crippen LogP contribution in [0.3, 0.4) is 0 Å². The minimum atomic E-state index is -1.71. The predicted molar refractivity (Wildman–Crippen MR) is 321 cm³/mol. The fourth-order valence-electron chi connectivity index (χ4n) is 10.6. The lowest BCUT2D eigenvalue weighted by molar-refractivity contribution is -0.332. The van der Waals surface area contributed by atoms with E-state index in [4.69, 9.17) is 28.4 Å². The van der Waals surface area contributed by atoms with E-state index in [-0.39, 0.29) is 25.6 Å². The highest BCUT2D eigenvalue weighted by atomic mass is 16.7.